The van der Waals surface area contributed by atoms with Crippen molar-refractivity contribution in [3.8, 4) is 0 Å². The Morgan fingerprint density at radius 2 is 2.04 bits per heavy atom. The van der Waals surface area contributed by atoms with Crippen molar-refractivity contribution < 1.29 is 9.53 Å². The number of nitrogens with one attached hydrogen (secondary N) is 1. The maximum atomic E-state index is 12.8. The lowest BCUT2D eigenvalue weighted by atomic mass is 9.79. The molecule has 0 spiro atoms. The van der Waals surface area contributed by atoms with E-state index in [-0.39, 0.29) is 5.91 Å². The van der Waals surface area contributed by atoms with Crippen LogP contribution in [-0.4, -0.2) is 44.7 Å². The third-order valence-electron chi connectivity index (χ3n) is 5.01. The number of ether oxygens (including phenoxy) is 1. The van der Waals surface area contributed by atoms with Gasteiger partial charge < -0.3 is 20.7 Å². The molecular weight excluding hydrogens is 316 g/mol. The first kappa shape index (κ1) is 17.6. The van der Waals surface area contributed by atoms with Crippen LogP contribution < -0.4 is 16.0 Å². The fourth-order valence-corrected chi connectivity index (χ4v) is 3.26. The summed E-state index contributed by atoms with van der Waals surface area (Å²) in [6.07, 6.45) is 1.35. The van der Waals surface area contributed by atoms with E-state index in [4.69, 9.17) is 10.5 Å². The van der Waals surface area contributed by atoms with E-state index < -0.39 is 5.41 Å². The van der Waals surface area contributed by atoms with Gasteiger partial charge in [-0.15, -0.1) is 0 Å². The van der Waals surface area contributed by atoms with Gasteiger partial charge in [-0.3, -0.25) is 4.79 Å². The van der Waals surface area contributed by atoms with Crippen LogP contribution in [0.1, 0.15) is 18.4 Å². The number of benzene rings is 1. The molecule has 0 atom stereocenters. The molecule has 3 rings (SSSR count). The first-order valence-corrected chi connectivity index (χ1v) is 8.68. The van der Waals surface area contributed by atoms with Gasteiger partial charge in [0.2, 0.25) is 5.91 Å². The van der Waals surface area contributed by atoms with E-state index in [9.17, 15) is 4.79 Å². The maximum Gasteiger partial charge on any atom is 0.227 e. The summed E-state index contributed by atoms with van der Waals surface area (Å²) in [6.45, 7) is 1.99. The van der Waals surface area contributed by atoms with E-state index in [1.54, 1.807) is 0 Å². The number of carbonyl (C=O) groups excluding carboxylic acids is 1. The zero-order valence-electron chi connectivity index (χ0n) is 14.9. The van der Waals surface area contributed by atoms with E-state index in [1.165, 1.54) is 0 Å². The van der Waals surface area contributed by atoms with Crippen LogP contribution in [0.4, 0.5) is 5.82 Å². The highest BCUT2D eigenvalue weighted by atomic mass is 16.5. The van der Waals surface area contributed by atoms with Gasteiger partial charge in [0, 0.05) is 45.8 Å². The number of aromatic nitrogens is 1. The van der Waals surface area contributed by atoms with Crippen LogP contribution >= 0.6 is 0 Å². The highest BCUT2D eigenvalue weighted by molar-refractivity contribution is 5.86. The first-order valence-electron chi connectivity index (χ1n) is 8.68. The predicted octanol–water partition coefficient (Wildman–Crippen LogP) is 1.67. The second-order valence-electron chi connectivity index (χ2n) is 6.83. The summed E-state index contributed by atoms with van der Waals surface area (Å²) in [5.41, 5.74) is 7.41. The standard InChI is InChI=1S/C19H26N4O2/c1-23(2)17-11-14(15-5-3-4-6-16(15)22-17)12-21-18(24)19(13-20)7-9-25-10-8-19/h3-6,11H,7-10,12-13,20H2,1-2H3,(H,21,24). The van der Waals surface area contributed by atoms with Crippen molar-refractivity contribution in [2.24, 2.45) is 11.1 Å². The Balaban J connectivity index is 1.83. The van der Waals surface area contributed by atoms with Crippen LogP contribution in [0.15, 0.2) is 30.3 Å². The summed E-state index contributed by atoms with van der Waals surface area (Å²) >= 11 is 0. The smallest absolute Gasteiger partial charge is 0.227 e. The number of nitrogens with zero attached hydrogens (tertiary/aromatic N) is 2. The van der Waals surface area contributed by atoms with Gasteiger partial charge in [-0.2, -0.15) is 0 Å². The molecule has 2 aromatic rings. The van der Waals surface area contributed by atoms with Gasteiger partial charge >= 0.3 is 0 Å². The Hall–Kier alpha value is -2.18. The summed E-state index contributed by atoms with van der Waals surface area (Å²) in [6, 6.07) is 10.0. The van der Waals surface area contributed by atoms with Gasteiger partial charge in [-0.05, 0) is 30.5 Å². The number of hydrogen-bond donors (Lipinski definition) is 2. The molecule has 6 heteroatoms. The normalized spacial score (nSPS) is 16.6. The molecule has 134 valence electrons. The number of nitrogens with two attached hydrogens (primary N) is 1. The largest absolute Gasteiger partial charge is 0.381 e. The van der Waals surface area contributed by atoms with Gasteiger partial charge in [0.25, 0.3) is 0 Å². The molecule has 1 saturated heterocycles. The molecule has 0 saturated carbocycles. The molecule has 0 radical (unpaired) electrons. The number of para-hydroxylation sites is 1. The van der Waals surface area contributed by atoms with Gasteiger partial charge in [0.05, 0.1) is 10.9 Å². The van der Waals surface area contributed by atoms with Crippen molar-refractivity contribution >= 4 is 22.6 Å². The summed E-state index contributed by atoms with van der Waals surface area (Å²) in [4.78, 5) is 19.4. The minimum Gasteiger partial charge on any atom is -0.381 e. The molecule has 0 aliphatic carbocycles. The molecule has 1 amide bonds. The highest BCUT2D eigenvalue weighted by Gasteiger charge is 2.38. The monoisotopic (exact) mass is 342 g/mol. The van der Waals surface area contributed by atoms with Crippen LogP contribution in [0.5, 0.6) is 0 Å². The Bertz CT molecular complexity index is 754. The molecule has 0 bridgehead atoms. The Kier molecular flexibility index (Phi) is 5.20. The lowest BCUT2D eigenvalue weighted by Crippen LogP contribution is -2.49. The fourth-order valence-electron chi connectivity index (χ4n) is 3.26. The number of fused-ring (bicyclic) bond motifs is 1. The van der Waals surface area contributed by atoms with E-state index in [1.807, 2.05) is 49.3 Å². The average molecular weight is 342 g/mol. The molecule has 3 N–H and O–H groups in total. The van der Waals surface area contributed by atoms with Crippen molar-refractivity contribution in [1.82, 2.24) is 10.3 Å². The number of carbonyl (C=O) groups is 1. The van der Waals surface area contributed by atoms with Crippen molar-refractivity contribution in [3.63, 3.8) is 0 Å². The van der Waals surface area contributed by atoms with Crippen molar-refractivity contribution in [1.29, 1.82) is 0 Å². The molecule has 25 heavy (non-hydrogen) atoms. The van der Waals surface area contributed by atoms with E-state index >= 15 is 0 Å². The topological polar surface area (TPSA) is 80.5 Å². The van der Waals surface area contributed by atoms with Crippen LogP contribution in [0.3, 0.4) is 0 Å². The number of rotatable bonds is 5. The van der Waals surface area contributed by atoms with Crippen molar-refractivity contribution in [2.45, 2.75) is 19.4 Å². The molecule has 1 aliphatic heterocycles. The van der Waals surface area contributed by atoms with Gasteiger partial charge in [0.15, 0.2) is 0 Å². The van der Waals surface area contributed by atoms with Crippen LogP contribution in [0.25, 0.3) is 10.9 Å². The molecule has 6 nitrogen and oxygen atoms in total. The van der Waals surface area contributed by atoms with Crippen LogP contribution in [0, 0.1) is 5.41 Å². The minimum absolute atomic E-state index is 0.0191. The number of anilines is 1. The predicted molar refractivity (Wildman–Crippen MR) is 99.5 cm³/mol. The lowest BCUT2D eigenvalue weighted by molar-refractivity contribution is -0.136. The summed E-state index contributed by atoms with van der Waals surface area (Å²) in [5, 5.41) is 4.16. The molecule has 1 aromatic carbocycles. The zero-order valence-corrected chi connectivity index (χ0v) is 14.9. The lowest BCUT2D eigenvalue weighted by Gasteiger charge is -2.34. The number of hydrogen-bond acceptors (Lipinski definition) is 5. The molecule has 2 heterocycles. The summed E-state index contributed by atoms with van der Waals surface area (Å²) in [5.74, 6) is 0.896. The van der Waals surface area contributed by atoms with Crippen LogP contribution in [0.2, 0.25) is 0 Å². The second kappa shape index (κ2) is 7.37. The zero-order chi connectivity index (χ0) is 17.9. The third kappa shape index (κ3) is 3.60. The third-order valence-corrected chi connectivity index (χ3v) is 5.01. The molecule has 1 aliphatic rings. The van der Waals surface area contributed by atoms with Crippen LogP contribution in [-0.2, 0) is 16.1 Å². The Morgan fingerprint density at radius 3 is 2.72 bits per heavy atom. The number of pyridine rings is 1. The molecule has 1 aromatic heterocycles. The summed E-state index contributed by atoms with van der Waals surface area (Å²) in [7, 11) is 3.93. The van der Waals surface area contributed by atoms with E-state index in [0.29, 0.717) is 39.1 Å². The van der Waals surface area contributed by atoms with Gasteiger partial charge in [-0.25, -0.2) is 4.98 Å². The minimum atomic E-state index is -0.508. The second-order valence-corrected chi connectivity index (χ2v) is 6.83. The molecule has 1 fully saturated rings. The van der Waals surface area contributed by atoms with Crippen molar-refractivity contribution in [3.05, 3.63) is 35.9 Å². The summed E-state index contributed by atoms with van der Waals surface area (Å²) < 4.78 is 5.39. The Morgan fingerprint density at radius 1 is 1.32 bits per heavy atom. The molecule has 0 unspecified atom stereocenters. The SMILES string of the molecule is CN(C)c1cc(CNC(=O)C2(CN)CCOCC2)c2ccccc2n1. The van der Waals surface area contributed by atoms with Gasteiger partial charge in [0.1, 0.15) is 5.82 Å². The number of amides is 1. The van der Waals surface area contributed by atoms with Crippen molar-refractivity contribution in [2.75, 3.05) is 38.8 Å². The van der Waals surface area contributed by atoms with E-state index in [2.05, 4.69) is 10.3 Å². The van der Waals surface area contributed by atoms with Gasteiger partial charge in [-0.1, -0.05) is 18.2 Å². The quantitative estimate of drug-likeness (QED) is 0.864. The fraction of sp³-hybridized carbons (Fsp3) is 0.474. The average Bonchev–Trinajstić information content (AvgIpc) is 2.66. The highest BCUT2D eigenvalue weighted by Crippen LogP contribution is 2.30. The Labute approximate surface area is 148 Å². The first-order chi connectivity index (χ1) is 12.1. The maximum absolute atomic E-state index is 12.8. The van der Waals surface area contributed by atoms with E-state index in [0.717, 1.165) is 22.3 Å². The molecular formula is C19H26N4O2.